The molecule has 126 valence electrons. The quantitative estimate of drug-likeness (QED) is 0.602. The number of hydrogen-bond acceptors (Lipinski definition) is 5. The first-order valence-electron chi connectivity index (χ1n) is 8.16. The first-order chi connectivity index (χ1) is 12.5. The summed E-state index contributed by atoms with van der Waals surface area (Å²) < 4.78 is 1.71. The number of anilines is 1. The van der Waals surface area contributed by atoms with Gasteiger partial charge in [-0.25, -0.2) is 9.50 Å². The monoisotopic (exact) mass is 340 g/mol. The molecular weight excluding hydrogens is 324 g/mol. The molecule has 0 bridgehead atoms. The summed E-state index contributed by atoms with van der Waals surface area (Å²) in [7, 11) is 0. The molecule has 0 radical (unpaired) electrons. The number of benzene rings is 1. The average Bonchev–Trinajstić information content (AvgIpc) is 2.99. The van der Waals surface area contributed by atoms with Crippen LogP contribution in [0.1, 0.15) is 17.0 Å². The lowest BCUT2D eigenvalue weighted by molar-refractivity contribution is 0.945. The van der Waals surface area contributed by atoms with Crippen molar-refractivity contribution in [3.8, 4) is 28.5 Å². The highest BCUT2D eigenvalue weighted by Crippen LogP contribution is 2.35. The number of nitrogen functional groups attached to an aromatic ring is 1. The Morgan fingerprint density at radius 1 is 1.00 bits per heavy atom. The molecule has 0 aliphatic carbocycles. The van der Waals surface area contributed by atoms with Gasteiger partial charge in [-0.05, 0) is 49.7 Å². The van der Waals surface area contributed by atoms with Gasteiger partial charge in [-0.15, -0.1) is 0 Å². The van der Waals surface area contributed by atoms with Crippen molar-refractivity contribution in [1.82, 2.24) is 19.6 Å². The molecule has 0 aliphatic rings. The van der Waals surface area contributed by atoms with Gasteiger partial charge in [-0.3, -0.25) is 4.98 Å². The zero-order chi connectivity index (χ0) is 18.3. The summed E-state index contributed by atoms with van der Waals surface area (Å²) in [6, 6.07) is 15.3. The molecule has 4 rings (SSSR count). The van der Waals surface area contributed by atoms with E-state index in [9.17, 15) is 5.26 Å². The van der Waals surface area contributed by atoms with Crippen LogP contribution in [0, 0.1) is 25.2 Å². The first kappa shape index (κ1) is 15.8. The molecule has 0 fully saturated rings. The summed E-state index contributed by atoms with van der Waals surface area (Å²) in [5, 5.41) is 13.9. The van der Waals surface area contributed by atoms with Crippen LogP contribution in [0.3, 0.4) is 0 Å². The lowest BCUT2D eigenvalue weighted by atomic mass is 9.99. The first-order valence-corrected chi connectivity index (χ1v) is 8.16. The lowest BCUT2D eigenvalue weighted by Gasteiger charge is -2.06. The predicted octanol–water partition coefficient (Wildman–Crippen LogP) is 3.53. The second kappa shape index (κ2) is 5.97. The summed E-state index contributed by atoms with van der Waals surface area (Å²) in [6.07, 6.45) is 1.79. The third-order valence-electron chi connectivity index (χ3n) is 4.14. The van der Waals surface area contributed by atoms with E-state index in [1.165, 1.54) is 0 Å². The number of rotatable bonds is 2. The van der Waals surface area contributed by atoms with Crippen molar-refractivity contribution in [3.05, 3.63) is 65.6 Å². The molecule has 0 unspecified atom stereocenters. The van der Waals surface area contributed by atoms with Crippen molar-refractivity contribution in [2.75, 3.05) is 5.73 Å². The normalized spacial score (nSPS) is 10.8. The lowest BCUT2D eigenvalue weighted by Crippen LogP contribution is -1.95. The fraction of sp³-hybridized carbons (Fsp3) is 0.100. The van der Waals surface area contributed by atoms with Gasteiger partial charge in [0.05, 0.1) is 17.2 Å². The maximum atomic E-state index is 9.23. The van der Waals surface area contributed by atoms with E-state index in [4.69, 9.17) is 10.8 Å². The minimum absolute atomic E-state index is 0.429. The van der Waals surface area contributed by atoms with Crippen molar-refractivity contribution < 1.29 is 0 Å². The number of aryl methyl sites for hydroxylation is 2. The van der Waals surface area contributed by atoms with Crippen LogP contribution in [-0.4, -0.2) is 19.6 Å². The molecule has 26 heavy (non-hydrogen) atoms. The molecule has 1 aromatic carbocycles. The fourth-order valence-electron chi connectivity index (χ4n) is 3.13. The van der Waals surface area contributed by atoms with Crippen LogP contribution in [0.2, 0.25) is 0 Å². The molecule has 0 aliphatic heterocycles. The average molecular weight is 340 g/mol. The molecule has 3 aromatic heterocycles. The second-order valence-electron chi connectivity index (χ2n) is 6.18. The van der Waals surface area contributed by atoms with E-state index >= 15 is 0 Å². The van der Waals surface area contributed by atoms with E-state index in [1.807, 2.05) is 44.2 Å². The summed E-state index contributed by atoms with van der Waals surface area (Å²) >= 11 is 0. The second-order valence-corrected chi connectivity index (χ2v) is 6.18. The zero-order valence-corrected chi connectivity index (χ0v) is 14.4. The van der Waals surface area contributed by atoms with E-state index in [-0.39, 0.29) is 0 Å². The van der Waals surface area contributed by atoms with Gasteiger partial charge in [-0.2, -0.15) is 10.4 Å². The fourth-order valence-corrected chi connectivity index (χ4v) is 3.13. The molecule has 6 nitrogen and oxygen atoms in total. The molecule has 4 aromatic rings. The smallest absolute Gasteiger partial charge is 0.165 e. The molecule has 0 spiro atoms. The van der Waals surface area contributed by atoms with E-state index in [0.29, 0.717) is 17.0 Å². The van der Waals surface area contributed by atoms with Gasteiger partial charge in [0, 0.05) is 23.1 Å². The van der Waals surface area contributed by atoms with Gasteiger partial charge in [0.25, 0.3) is 0 Å². The Morgan fingerprint density at radius 3 is 2.50 bits per heavy atom. The summed E-state index contributed by atoms with van der Waals surface area (Å²) in [6.45, 7) is 3.92. The van der Waals surface area contributed by atoms with E-state index in [1.54, 1.807) is 22.8 Å². The van der Waals surface area contributed by atoms with Gasteiger partial charge in [0.2, 0.25) is 0 Å². The molecule has 0 amide bonds. The van der Waals surface area contributed by atoms with Crippen LogP contribution in [0.15, 0.2) is 48.7 Å². The van der Waals surface area contributed by atoms with Gasteiger partial charge in [0.15, 0.2) is 5.65 Å². The topological polar surface area (TPSA) is 92.9 Å². The SMILES string of the molecule is Cc1cc(-c2c(-c3cccc(C#N)c3)nn3ccc(N)nc23)cc(C)n1. The van der Waals surface area contributed by atoms with Crippen LogP contribution in [0.5, 0.6) is 0 Å². The van der Waals surface area contributed by atoms with E-state index < -0.39 is 0 Å². The minimum Gasteiger partial charge on any atom is -0.384 e. The standard InChI is InChI=1S/C20H16N6/c1-12-8-16(9-13(2)23-12)18-19(15-5-3-4-14(10-15)11-21)25-26-7-6-17(22)24-20(18)26/h3-10H,1-2H3,(H2,22,24). The predicted molar refractivity (Wildman–Crippen MR) is 100 cm³/mol. The van der Waals surface area contributed by atoms with Crippen LogP contribution < -0.4 is 5.73 Å². The van der Waals surface area contributed by atoms with E-state index in [0.717, 1.165) is 33.8 Å². The Hall–Kier alpha value is -3.72. The van der Waals surface area contributed by atoms with Crippen LogP contribution >= 0.6 is 0 Å². The third-order valence-corrected chi connectivity index (χ3v) is 4.14. The number of nitriles is 1. The highest BCUT2D eigenvalue weighted by molar-refractivity contribution is 5.91. The summed E-state index contributed by atoms with van der Waals surface area (Å²) in [5.41, 5.74) is 12.5. The van der Waals surface area contributed by atoms with Gasteiger partial charge < -0.3 is 5.73 Å². The molecule has 2 N–H and O–H groups in total. The van der Waals surface area contributed by atoms with Gasteiger partial charge >= 0.3 is 0 Å². The molecule has 0 saturated heterocycles. The molecule has 3 heterocycles. The Balaban J connectivity index is 2.08. The van der Waals surface area contributed by atoms with Crippen LogP contribution in [-0.2, 0) is 0 Å². The zero-order valence-electron chi connectivity index (χ0n) is 14.4. The van der Waals surface area contributed by atoms with Crippen molar-refractivity contribution in [3.63, 3.8) is 0 Å². The minimum atomic E-state index is 0.429. The van der Waals surface area contributed by atoms with Crippen LogP contribution in [0.25, 0.3) is 28.0 Å². The van der Waals surface area contributed by atoms with Crippen molar-refractivity contribution in [1.29, 1.82) is 5.26 Å². The Bertz CT molecular complexity index is 1160. The Labute approximate surface area is 150 Å². The number of fused-ring (bicyclic) bond motifs is 1. The maximum absolute atomic E-state index is 9.23. The highest BCUT2D eigenvalue weighted by Gasteiger charge is 2.19. The maximum Gasteiger partial charge on any atom is 0.165 e. The number of hydrogen-bond donors (Lipinski definition) is 1. The Morgan fingerprint density at radius 2 is 1.77 bits per heavy atom. The number of aromatic nitrogens is 4. The largest absolute Gasteiger partial charge is 0.384 e. The number of pyridine rings is 1. The van der Waals surface area contributed by atoms with Crippen molar-refractivity contribution >= 4 is 11.5 Å². The Kier molecular flexibility index (Phi) is 3.63. The van der Waals surface area contributed by atoms with Gasteiger partial charge in [-0.1, -0.05) is 12.1 Å². The van der Waals surface area contributed by atoms with E-state index in [2.05, 4.69) is 16.0 Å². The van der Waals surface area contributed by atoms with Crippen molar-refractivity contribution in [2.45, 2.75) is 13.8 Å². The van der Waals surface area contributed by atoms with Crippen molar-refractivity contribution in [2.24, 2.45) is 0 Å². The molecule has 0 saturated carbocycles. The molecular formula is C20H16N6. The number of nitrogens with two attached hydrogens (primary N) is 1. The number of nitrogens with zero attached hydrogens (tertiary/aromatic N) is 5. The highest BCUT2D eigenvalue weighted by atomic mass is 15.3. The third kappa shape index (κ3) is 2.66. The molecule has 0 atom stereocenters. The van der Waals surface area contributed by atoms with Gasteiger partial charge in [0.1, 0.15) is 11.5 Å². The van der Waals surface area contributed by atoms with Crippen LogP contribution in [0.4, 0.5) is 5.82 Å². The summed E-state index contributed by atoms with van der Waals surface area (Å²) in [5.74, 6) is 0.429. The summed E-state index contributed by atoms with van der Waals surface area (Å²) in [4.78, 5) is 8.95. The molecule has 6 heteroatoms.